The van der Waals surface area contributed by atoms with Gasteiger partial charge in [0, 0.05) is 19.3 Å². The van der Waals surface area contributed by atoms with Gasteiger partial charge in [-0.15, -0.1) is 0 Å². The molecule has 1 aromatic carbocycles. The van der Waals surface area contributed by atoms with E-state index in [9.17, 15) is 9.90 Å². The Morgan fingerprint density at radius 2 is 1.90 bits per heavy atom. The van der Waals surface area contributed by atoms with Gasteiger partial charge in [-0.2, -0.15) is 0 Å². The maximum Gasteiger partial charge on any atom is 0.339 e. The molecule has 1 aromatic heterocycles. The molecule has 0 aliphatic rings. The average molecular weight is 286 g/mol. The zero-order valence-corrected chi connectivity index (χ0v) is 12.3. The van der Waals surface area contributed by atoms with Crippen LogP contribution in [0, 0.1) is 6.92 Å². The number of ether oxygens (including phenoxy) is 1. The zero-order valence-electron chi connectivity index (χ0n) is 12.3. The molecule has 0 unspecified atom stereocenters. The predicted molar refractivity (Wildman–Crippen MR) is 81.0 cm³/mol. The predicted octanol–water partition coefficient (Wildman–Crippen LogP) is 2.73. The number of hydrogen-bond donors (Lipinski definition) is 1. The first kappa shape index (κ1) is 14.8. The lowest BCUT2D eigenvalue weighted by Gasteiger charge is -2.20. The van der Waals surface area contributed by atoms with Gasteiger partial charge in [0.2, 0.25) is 0 Å². The summed E-state index contributed by atoms with van der Waals surface area (Å²) in [6, 6.07) is 11.0. The van der Waals surface area contributed by atoms with Crippen LogP contribution in [0.1, 0.15) is 21.6 Å². The first-order chi connectivity index (χ1) is 10.0. The SMILES string of the molecule is COc1ccc(CN(C)c2nc(C)ccc2C(=O)O)cc1. The quantitative estimate of drug-likeness (QED) is 0.915. The summed E-state index contributed by atoms with van der Waals surface area (Å²) in [6.07, 6.45) is 0. The van der Waals surface area contributed by atoms with Gasteiger partial charge in [-0.1, -0.05) is 12.1 Å². The summed E-state index contributed by atoms with van der Waals surface area (Å²) in [5.41, 5.74) is 2.05. The normalized spacial score (nSPS) is 10.2. The van der Waals surface area contributed by atoms with Gasteiger partial charge in [0.15, 0.2) is 0 Å². The summed E-state index contributed by atoms with van der Waals surface area (Å²) >= 11 is 0. The lowest BCUT2D eigenvalue weighted by Crippen LogP contribution is -2.21. The van der Waals surface area contributed by atoms with E-state index in [1.165, 1.54) is 0 Å². The molecule has 5 nitrogen and oxygen atoms in total. The summed E-state index contributed by atoms with van der Waals surface area (Å²) in [7, 11) is 3.45. The van der Waals surface area contributed by atoms with E-state index in [-0.39, 0.29) is 5.56 Å². The highest BCUT2D eigenvalue weighted by atomic mass is 16.5. The lowest BCUT2D eigenvalue weighted by molar-refractivity contribution is 0.0697. The van der Waals surface area contributed by atoms with Crippen molar-refractivity contribution in [3.63, 3.8) is 0 Å². The minimum Gasteiger partial charge on any atom is -0.497 e. The summed E-state index contributed by atoms with van der Waals surface area (Å²) in [4.78, 5) is 17.5. The van der Waals surface area contributed by atoms with E-state index in [2.05, 4.69) is 4.98 Å². The fourth-order valence-electron chi connectivity index (χ4n) is 2.08. The van der Waals surface area contributed by atoms with Crippen molar-refractivity contribution in [3.05, 3.63) is 53.2 Å². The van der Waals surface area contributed by atoms with Crippen molar-refractivity contribution in [1.29, 1.82) is 0 Å². The van der Waals surface area contributed by atoms with Crippen LogP contribution in [0.3, 0.4) is 0 Å². The Hall–Kier alpha value is -2.56. The largest absolute Gasteiger partial charge is 0.497 e. The monoisotopic (exact) mass is 286 g/mol. The third-order valence-electron chi connectivity index (χ3n) is 3.19. The van der Waals surface area contributed by atoms with Crippen LogP contribution in [0.25, 0.3) is 0 Å². The number of aromatic nitrogens is 1. The lowest BCUT2D eigenvalue weighted by atomic mass is 10.2. The van der Waals surface area contributed by atoms with Crippen LogP contribution in [0.5, 0.6) is 5.75 Å². The molecule has 2 rings (SSSR count). The van der Waals surface area contributed by atoms with Crippen molar-refractivity contribution in [3.8, 4) is 5.75 Å². The number of hydrogen-bond acceptors (Lipinski definition) is 4. The Labute approximate surface area is 123 Å². The number of carboxylic acids is 1. The topological polar surface area (TPSA) is 62.7 Å². The molecule has 2 aromatic rings. The van der Waals surface area contributed by atoms with Crippen LogP contribution >= 0.6 is 0 Å². The van der Waals surface area contributed by atoms with Gasteiger partial charge in [0.1, 0.15) is 17.1 Å². The highest BCUT2D eigenvalue weighted by Crippen LogP contribution is 2.20. The van der Waals surface area contributed by atoms with E-state index >= 15 is 0 Å². The van der Waals surface area contributed by atoms with Crippen molar-refractivity contribution in [1.82, 2.24) is 4.98 Å². The number of anilines is 1. The van der Waals surface area contributed by atoms with Gasteiger partial charge in [-0.25, -0.2) is 9.78 Å². The van der Waals surface area contributed by atoms with Gasteiger partial charge >= 0.3 is 5.97 Å². The van der Waals surface area contributed by atoms with E-state index < -0.39 is 5.97 Å². The van der Waals surface area contributed by atoms with Crippen LogP contribution in [0.15, 0.2) is 36.4 Å². The van der Waals surface area contributed by atoms with Crippen LogP contribution < -0.4 is 9.64 Å². The van der Waals surface area contributed by atoms with Gasteiger partial charge in [-0.05, 0) is 36.8 Å². The van der Waals surface area contributed by atoms with E-state index in [1.54, 1.807) is 19.2 Å². The molecule has 0 radical (unpaired) electrons. The second-order valence-corrected chi connectivity index (χ2v) is 4.83. The fraction of sp³-hybridized carbons (Fsp3) is 0.250. The number of rotatable bonds is 5. The number of nitrogens with zero attached hydrogens (tertiary/aromatic N) is 2. The van der Waals surface area contributed by atoms with Crippen molar-refractivity contribution in [2.75, 3.05) is 19.1 Å². The second-order valence-electron chi connectivity index (χ2n) is 4.83. The first-order valence-electron chi connectivity index (χ1n) is 6.56. The van der Waals surface area contributed by atoms with Crippen molar-refractivity contribution < 1.29 is 14.6 Å². The summed E-state index contributed by atoms with van der Waals surface area (Å²) in [6.45, 7) is 2.41. The van der Waals surface area contributed by atoms with E-state index in [0.717, 1.165) is 17.0 Å². The summed E-state index contributed by atoms with van der Waals surface area (Å²) in [5, 5.41) is 9.26. The number of aryl methyl sites for hydroxylation is 1. The Morgan fingerprint density at radius 3 is 2.48 bits per heavy atom. The molecule has 0 spiro atoms. The number of pyridine rings is 1. The molecule has 0 bridgehead atoms. The van der Waals surface area contributed by atoms with E-state index in [1.807, 2.05) is 43.1 Å². The van der Waals surface area contributed by atoms with Crippen LogP contribution in [0.2, 0.25) is 0 Å². The van der Waals surface area contributed by atoms with Gasteiger partial charge in [0.05, 0.1) is 7.11 Å². The summed E-state index contributed by atoms with van der Waals surface area (Å²) < 4.78 is 5.12. The van der Waals surface area contributed by atoms with Crippen molar-refractivity contribution in [2.24, 2.45) is 0 Å². The van der Waals surface area contributed by atoms with E-state index in [0.29, 0.717) is 12.4 Å². The third kappa shape index (κ3) is 3.51. The average Bonchev–Trinajstić information content (AvgIpc) is 2.47. The number of carboxylic acid groups (broad SMARTS) is 1. The molecule has 0 amide bonds. The van der Waals surface area contributed by atoms with Gasteiger partial charge < -0.3 is 14.7 Å². The molecular weight excluding hydrogens is 268 g/mol. The van der Waals surface area contributed by atoms with Gasteiger partial charge in [0.25, 0.3) is 0 Å². The highest BCUT2D eigenvalue weighted by Gasteiger charge is 2.15. The standard InChI is InChI=1S/C16H18N2O3/c1-11-4-9-14(16(19)20)15(17-11)18(2)10-12-5-7-13(21-3)8-6-12/h4-9H,10H2,1-3H3,(H,19,20). The number of aromatic carboxylic acids is 1. The molecule has 0 fully saturated rings. The number of methoxy groups -OCH3 is 1. The molecule has 0 atom stereocenters. The van der Waals surface area contributed by atoms with Crippen LogP contribution in [-0.4, -0.2) is 30.2 Å². The first-order valence-corrected chi connectivity index (χ1v) is 6.56. The molecule has 1 heterocycles. The van der Waals surface area contributed by atoms with Gasteiger partial charge in [-0.3, -0.25) is 0 Å². The molecule has 0 aliphatic heterocycles. The van der Waals surface area contributed by atoms with E-state index in [4.69, 9.17) is 4.74 Å². The molecule has 0 saturated heterocycles. The minimum absolute atomic E-state index is 0.205. The molecule has 110 valence electrons. The number of benzene rings is 1. The molecule has 1 N–H and O–H groups in total. The Bertz CT molecular complexity index is 638. The summed E-state index contributed by atoms with van der Waals surface area (Å²) in [5.74, 6) is 0.290. The molecular formula is C16H18N2O3. The number of carbonyl (C=O) groups is 1. The molecule has 0 aliphatic carbocycles. The molecule has 21 heavy (non-hydrogen) atoms. The maximum absolute atomic E-state index is 11.3. The molecule has 5 heteroatoms. The minimum atomic E-state index is -0.973. The van der Waals surface area contributed by atoms with Crippen molar-refractivity contribution >= 4 is 11.8 Å². The van der Waals surface area contributed by atoms with Crippen LogP contribution in [-0.2, 0) is 6.54 Å². The second kappa shape index (κ2) is 6.26. The molecule has 0 saturated carbocycles. The Kier molecular flexibility index (Phi) is 4.42. The third-order valence-corrected chi connectivity index (χ3v) is 3.19. The zero-order chi connectivity index (χ0) is 15.4. The fourth-order valence-corrected chi connectivity index (χ4v) is 2.08. The van der Waals surface area contributed by atoms with Crippen LogP contribution in [0.4, 0.5) is 5.82 Å². The highest BCUT2D eigenvalue weighted by molar-refractivity contribution is 5.93. The van der Waals surface area contributed by atoms with Crippen molar-refractivity contribution in [2.45, 2.75) is 13.5 Å². The smallest absolute Gasteiger partial charge is 0.339 e. The maximum atomic E-state index is 11.3. The Morgan fingerprint density at radius 1 is 1.24 bits per heavy atom. The Balaban J connectivity index is 2.24.